The van der Waals surface area contributed by atoms with Crippen LogP contribution in [0.1, 0.15) is 19.0 Å². The normalized spacial score (nSPS) is 12.0. The molecule has 0 bridgehead atoms. The van der Waals surface area contributed by atoms with Gasteiger partial charge in [0.05, 0.1) is 12.5 Å². The molecule has 0 saturated carbocycles. The number of nitriles is 1. The number of nitrogens with zero attached hydrogens (tertiary/aromatic N) is 2. The third-order valence-electron chi connectivity index (χ3n) is 2.00. The van der Waals surface area contributed by atoms with Crippen LogP contribution in [0.15, 0.2) is 24.4 Å². The van der Waals surface area contributed by atoms with E-state index >= 15 is 0 Å². The second-order valence-corrected chi connectivity index (χ2v) is 3.29. The summed E-state index contributed by atoms with van der Waals surface area (Å²) in [4.78, 5) is 4.22. The van der Waals surface area contributed by atoms with Gasteiger partial charge in [0, 0.05) is 30.9 Å². The molecular formula is C11H15N3. The van der Waals surface area contributed by atoms with E-state index in [9.17, 15) is 0 Å². The van der Waals surface area contributed by atoms with Crippen LogP contribution in [0.5, 0.6) is 0 Å². The lowest BCUT2D eigenvalue weighted by Gasteiger charge is -2.08. The van der Waals surface area contributed by atoms with Crippen molar-refractivity contribution < 1.29 is 0 Å². The van der Waals surface area contributed by atoms with E-state index in [1.807, 2.05) is 25.1 Å². The Bertz CT molecular complexity index is 289. The zero-order chi connectivity index (χ0) is 10.2. The molecule has 0 aliphatic carbocycles. The minimum Gasteiger partial charge on any atom is -0.313 e. The SMILES string of the molecule is CC(CC#N)NCCc1ccccn1. The van der Waals surface area contributed by atoms with Crippen LogP contribution in [-0.2, 0) is 6.42 Å². The third-order valence-corrected chi connectivity index (χ3v) is 2.00. The molecule has 1 N–H and O–H groups in total. The van der Waals surface area contributed by atoms with E-state index in [2.05, 4.69) is 16.4 Å². The molecule has 3 heteroatoms. The molecule has 0 amide bonds. The first-order valence-corrected chi connectivity index (χ1v) is 4.83. The quantitative estimate of drug-likeness (QED) is 0.764. The summed E-state index contributed by atoms with van der Waals surface area (Å²) in [6.45, 7) is 2.89. The van der Waals surface area contributed by atoms with Crippen molar-refractivity contribution in [3.63, 3.8) is 0 Å². The van der Waals surface area contributed by atoms with Crippen LogP contribution >= 0.6 is 0 Å². The minimum absolute atomic E-state index is 0.267. The largest absolute Gasteiger partial charge is 0.313 e. The average molecular weight is 189 g/mol. The van der Waals surface area contributed by atoms with Gasteiger partial charge in [-0.3, -0.25) is 4.98 Å². The average Bonchev–Trinajstić information content (AvgIpc) is 2.20. The van der Waals surface area contributed by atoms with Crippen molar-refractivity contribution in [3.8, 4) is 6.07 Å². The van der Waals surface area contributed by atoms with Gasteiger partial charge in [0.2, 0.25) is 0 Å². The first-order chi connectivity index (χ1) is 6.83. The highest BCUT2D eigenvalue weighted by Crippen LogP contribution is 1.94. The molecule has 14 heavy (non-hydrogen) atoms. The maximum Gasteiger partial charge on any atom is 0.0638 e. The molecule has 0 aliphatic rings. The molecule has 3 nitrogen and oxygen atoms in total. The number of hydrogen-bond acceptors (Lipinski definition) is 3. The molecule has 0 aromatic carbocycles. The van der Waals surface area contributed by atoms with Gasteiger partial charge in [0.1, 0.15) is 0 Å². The van der Waals surface area contributed by atoms with E-state index in [1.165, 1.54) is 0 Å². The van der Waals surface area contributed by atoms with Crippen molar-refractivity contribution in [1.82, 2.24) is 10.3 Å². The molecule has 1 rings (SSSR count). The van der Waals surface area contributed by atoms with Gasteiger partial charge in [-0.25, -0.2) is 0 Å². The fourth-order valence-electron chi connectivity index (χ4n) is 1.20. The van der Waals surface area contributed by atoms with Crippen LogP contribution in [0.4, 0.5) is 0 Å². The second-order valence-electron chi connectivity index (χ2n) is 3.29. The maximum atomic E-state index is 8.45. The van der Waals surface area contributed by atoms with Crippen molar-refractivity contribution in [2.75, 3.05) is 6.54 Å². The third kappa shape index (κ3) is 4.01. The summed E-state index contributed by atoms with van der Waals surface area (Å²) in [6.07, 6.45) is 3.27. The van der Waals surface area contributed by atoms with Crippen LogP contribution in [0.2, 0.25) is 0 Å². The Balaban J connectivity index is 2.19. The Morgan fingerprint density at radius 3 is 3.07 bits per heavy atom. The highest BCUT2D eigenvalue weighted by molar-refractivity contribution is 5.03. The highest BCUT2D eigenvalue weighted by atomic mass is 14.9. The second kappa shape index (κ2) is 6.11. The van der Waals surface area contributed by atoms with Crippen LogP contribution in [-0.4, -0.2) is 17.6 Å². The minimum atomic E-state index is 0.267. The van der Waals surface area contributed by atoms with Gasteiger partial charge in [0.25, 0.3) is 0 Å². The van der Waals surface area contributed by atoms with E-state index in [1.54, 1.807) is 6.20 Å². The lowest BCUT2D eigenvalue weighted by Crippen LogP contribution is -2.27. The number of pyridine rings is 1. The fourth-order valence-corrected chi connectivity index (χ4v) is 1.20. The van der Waals surface area contributed by atoms with Gasteiger partial charge < -0.3 is 5.32 Å². The zero-order valence-corrected chi connectivity index (χ0v) is 8.40. The van der Waals surface area contributed by atoms with Gasteiger partial charge in [-0.15, -0.1) is 0 Å². The number of rotatable bonds is 5. The Labute approximate surface area is 84.8 Å². The van der Waals surface area contributed by atoms with Gasteiger partial charge >= 0.3 is 0 Å². The monoisotopic (exact) mass is 189 g/mol. The summed E-state index contributed by atoms with van der Waals surface area (Å²) < 4.78 is 0. The molecule has 1 heterocycles. The zero-order valence-electron chi connectivity index (χ0n) is 8.40. The van der Waals surface area contributed by atoms with E-state index < -0.39 is 0 Å². The van der Waals surface area contributed by atoms with Crippen LogP contribution in [0.3, 0.4) is 0 Å². The fraction of sp³-hybridized carbons (Fsp3) is 0.455. The summed E-state index contributed by atoms with van der Waals surface area (Å²) in [6, 6.07) is 8.31. The van der Waals surface area contributed by atoms with Crippen molar-refractivity contribution in [1.29, 1.82) is 5.26 Å². The summed E-state index contributed by atoms with van der Waals surface area (Å²) in [7, 11) is 0. The molecule has 0 fully saturated rings. The predicted molar refractivity (Wildman–Crippen MR) is 55.6 cm³/mol. The van der Waals surface area contributed by atoms with Crippen molar-refractivity contribution in [2.24, 2.45) is 0 Å². The molecule has 0 radical (unpaired) electrons. The van der Waals surface area contributed by atoms with E-state index in [4.69, 9.17) is 5.26 Å². The molecule has 1 unspecified atom stereocenters. The van der Waals surface area contributed by atoms with Crippen LogP contribution in [0, 0.1) is 11.3 Å². The lowest BCUT2D eigenvalue weighted by molar-refractivity contribution is 0.557. The van der Waals surface area contributed by atoms with E-state index in [-0.39, 0.29) is 6.04 Å². The smallest absolute Gasteiger partial charge is 0.0638 e. The first kappa shape index (κ1) is 10.7. The molecule has 1 atom stereocenters. The standard InChI is InChI=1S/C11H15N3/c1-10(5-7-12)13-9-6-11-4-2-3-8-14-11/h2-4,8,10,13H,5-6,9H2,1H3. The number of hydrogen-bond donors (Lipinski definition) is 1. The molecular weight excluding hydrogens is 174 g/mol. The Kier molecular flexibility index (Phi) is 4.66. The van der Waals surface area contributed by atoms with Gasteiger partial charge in [0.15, 0.2) is 0 Å². The van der Waals surface area contributed by atoms with E-state index in [0.717, 1.165) is 18.7 Å². The summed E-state index contributed by atoms with van der Waals surface area (Å²) >= 11 is 0. The molecule has 0 spiro atoms. The lowest BCUT2D eigenvalue weighted by atomic mass is 10.2. The number of aromatic nitrogens is 1. The Hall–Kier alpha value is -1.40. The molecule has 0 aliphatic heterocycles. The molecule has 1 aromatic rings. The molecule has 1 aromatic heterocycles. The molecule has 0 saturated heterocycles. The van der Waals surface area contributed by atoms with E-state index in [0.29, 0.717) is 6.42 Å². The predicted octanol–water partition coefficient (Wildman–Crippen LogP) is 1.52. The van der Waals surface area contributed by atoms with Crippen LogP contribution < -0.4 is 5.32 Å². The van der Waals surface area contributed by atoms with Crippen LogP contribution in [0.25, 0.3) is 0 Å². The number of nitrogens with one attached hydrogen (secondary N) is 1. The highest BCUT2D eigenvalue weighted by Gasteiger charge is 1.99. The summed E-state index contributed by atoms with van der Waals surface area (Å²) in [5, 5.41) is 11.7. The first-order valence-electron chi connectivity index (χ1n) is 4.83. The van der Waals surface area contributed by atoms with Crippen molar-refractivity contribution in [2.45, 2.75) is 25.8 Å². The Morgan fingerprint density at radius 2 is 2.43 bits per heavy atom. The summed E-state index contributed by atoms with van der Waals surface area (Å²) in [5.74, 6) is 0. The van der Waals surface area contributed by atoms with Gasteiger partial charge in [-0.1, -0.05) is 6.07 Å². The maximum absolute atomic E-state index is 8.45. The topological polar surface area (TPSA) is 48.7 Å². The van der Waals surface area contributed by atoms with Gasteiger partial charge in [-0.2, -0.15) is 5.26 Å². The van der Waals surface area contributed by atoms with Gasteiger partial charge in [-0.05, 0) is 19.1 Å². The Morgan fingerprint density at radius 1 is 1.57 bits per heavy atom. The summed E-state index contributed by atoms with van der Waals surface area (Å²) in [5.41, 5.74) is 1.09. The van der Waals surface area contributed by atoms with Crippen molar-refractivity contribution >= 4 is 0 Å². The van der Waals surface area contributed by atoms with Crippen molar-refractivity contribution in [3.05, 3.63) is 30.1 Å². The molecule has 74 valence electrons.